The smallest absolute Gasteiger partial charge is 0.154 e. The number of para-hydroxylation sites is 1. The molecule has 3 nitrogen and oxygen atoms in total. The Bertz CT molecular complexity index is 2540. The lowest BCUT2D eigenvalue weighted by Crippen LogP contribution is -2.12. The van der Waals surface area contributed by atoms with Crippen LogP contribution in [0.1, 0.15) is 0 Å². The number of pyridine rings is 1. The van der Waals surface area contributed by atoms with Gasteiger partial charge in [-0.2, -0.15) is 0 Å². The predicted octanol–water partition coefficient (Wildman–Crippen LogP) is 12.6. The van der Waals surface area contributed by atoms with E-state index in [1.54, 1.807) is 0 Å². The lowest BCUT2D eigenvalue weighted by molar-refractivity contribution is 0.668. The second-order valence-corrected chi connectivity index (χ2v) is 12.0. The average molecular weight is 615 g/mol. The molecular weight excluding hydrogens is 585 g/mol. The number of fused-ring (bicyclic) bond motifs is 4. The van der Waals surface area contributed by atoms with E-state index in [-0.39, 0.29) is 0 Å². The van der Waals surface area contributed by atoms with Crippen molar-refractivity contribution in [3.8, 4) is 33.4 Å². The van der Waals surface area contributed by atoms with Gasteiger partial charge in [0.25, 0.3) is 0 Å². The molecule has 7 aromatic carbocycles. The third-order valence-electron chi connectivity index (χ3n) is 9.08. The number of benzene rings is 7. The topological polar surface area (TPSA) is 29.3 Å². The summed E-state index contributed by atoms with van der Waals surface area (Å²) in [6.45, 7) is 0. The summed E-state index contributed by atoms with van der Waals surface area (Å²) < 4.78 is 6.32. The Hall–Kier alpha value is -6.45. The molecule has 0 N–H and O–H groups in total. The van der Waals surface area contributed by atoms with Crippen LogP contribution in [-0.4, -0.2) is 4.98 Å². The van der Waals surface area contributed by atoms with E-state index in [9.17, 15) is 0 Å². The molecule has 226 valence electrons. The average Bonchev–Trinajstić information content (AvgIpc) is 3.52. The fourth-order valence-corrected chi connectivity index (χ4v) is 6.66. The van der Waals surface area contributed by atoms with Crippen LogP contribution in [0.5, 0.6) is 0 Å². The summed E-state index contributed by atoms with van der Waals surface area (Å²) in [7, 11) is 0. The van der Waals surface area contributed by atoms with Crippen molar-refractivity contribution in [3.63, 3.8) is 0 Å². The van der Waals surface area contributed by atoms with Gasteiger partial charge in [-0.25, -0.2) is 4.98 Å². The van der Waals surface area contributed by atoms with Gasteiger partial charge in [-0.1, -0.05) is 140 Å². The summed E-state index contributed by atoms with van der Waals surface area (Å²) in [6, 6.07) is 63.9. The first-order chi connectivity index (χ1) is 23.8. The SMILES string of the molecule is c1ccc(-c2ccc(-c3ccc(N(c4ccc5oc6cc7ccccc7cc6c5n4)c4ccccc4-c4ccccc4)cc3)cc2)cc1. The quantitative estimate of drug-likeness (QED) is 0.187. The van der Waals surface area contributed by atoms with Gasteiger partial charge in [0.05, 0.1) is 5.69 Å². The van der Waals surface area contributed by atoms with E-state index in [1.165, 1.54) is 22.1 Å². The fraction of sp³-hybridized carbons (Fsp3) is 0. The second kappa shape index (κ2) is 11.7. The molecule has 0 saturated heterocycles. The highest BCUT2D eigenvalue weighted by atomic mass is 16.3. The number of hydrogen-bond acceptors (Lipinski definition) is 3. The Morgan fingerprint density at radius 1 is 0.417 bits per heavy atom. The van der Waals surface area contributed by atoms with E-state index in [4.69, 9.17) is 9.40 Å². The van der Waals surface area contributed by atoms with Crippen LogP contribution in [0, 0.1) is 0 Å². The summed E-state index contributed by atoms with van der Waals surface area (Å²) >= 11 is 0. The number of hydrogen-bond donors (Lipinski definition) is 0. The van der Waals surface area contributed by atoms with E-state index in [0.717, 1.165) is 61.3 Å². The maximum Gasteiger partial charge on any atom is 0.154 e. The Balaban J connectivity index is 1.17. The molecule has 2 aromatic heterocycles. The van der Waals surface area contributed by atoms with Gasteiger partial charge in [-0.3, -0.25) is 4.90 Å². The van der Waals surface area contributed by atoms with Gasteiger partial charge in [0.2, 0.25) is 0 Å². The van der Waals surface area contributed by atoms with Crippen LogP contribution in [0.3, 0.4) is 0 Å². The molecule has 48 heavy (non-hydrogen) atoms. The minimum atomic E-state index is 0.773. The van der Waals surface area contributed by atoms with Gasteiger partial charge in [-0.05, 0) is 81.1 Å². The molecule has 0 unspecified atom stereocenters. The molecule has 0 spiro atoms. The monoisotopic (exact) mass is 614 g/mol. The number of nitrogens with zero attached hydrogens (tertiary/aromatic N) is 2. The molecule has 0 fully saturated rings. The molecular formula is C45H30N2O. The van der Waals surface area contributed by atoms with Crippen molar-refractivity contribution in [2.45, 2.75) is 0 Å². The molecule has 0 atom stereocenters. The van der Waals surface area contributed by atoms with E-state index >= 15 is 0 Å². The Morgan fingerprint density at radius 2 is 0.958 bits per heavy atom. The van der Waals surface area contributed by atoms with Gasteiger partial charge in [0, 0.05) is 16.6 Å². The summed E-state index contributed by atoms with van der Waals surface area (Å²) in [6.07, 6.45) is 0. The van der Waals surface area contributed by atoms with Crippen molar-refractivity contribution in [2.75, 3.05) is 4.90 Å². The Kier molecular flexibility index (Phi) is 6.80. The van der Waals surface area contributed by atoms with Crippen LogP contribution >= 0.6 is 0 Å². The van der Waals surface area contributed by atoms with Crippen LogP contribution in [-0.2, 0) is 0 Å². The first-order valence-electron chi connectivity index (χ1n) is 16.2. The molecule has 9 rings (SSSR count). The molecule has 0 radical (unpaired) electrons. The lowest BCUT2D eigenvalue weighted by atomic mass is 9.99. The van der Waals surface area contributed by atoms with Crippen molar-refractivity contribution >= 4 is 50.0 Å². The van der Waals surface area contributed by atoms with Gasteiger partial charge in [0.1, 0.15) is 16.9 Å². The normalized spacial score (nSPS) is 11.3. The van der Waals surface area contributed by atoms with E-state index in [1.807, 2.05) is 12.1 Å². The lowest BCUT2D eigenvalue weighted by Gasteiger charge is -2.27. The van der Waals surface area contributed by atoms with E-state index in [2.05, 4.69) is 175 Å². The van der Waals surface area contributed by atoms with Crippen LogP contribution in [0.25, 0.3) is 66.2 Å². The molecule has 2 heterocycles. The first kappa shape index (κ1) is 27.8. The van der Waals surface area contributed by atoms with Gasteiger partial charge in [0.15, 0.2) is 5.58 Å². The molecule has 9 aromatic rings. The molecule has 0 aliphatic rings. The summed E-state index contributed by atoms with van der Waals surface area (Å²) in [4.78, 5) is 7.56. The number of aromatic nitrogens is 1. The molecule has 0 aliphatic carbocycles. The van der Waals surface area contributed by atoms with Crippen molar-refractivity contribution in [1.29, 1.82) is 0 Å². The zero-order chi connectivity index (χ0) is 31.9. The van der Waals surface area contributed by atoms with Crippen LogP contribution < -0.4 is 4.90 Å². The number of rotatable bonds is 6. The van der Waals surface area contributed by atoms with Crippen molar-refractivity contribution < 1.29 is 4.42 Å². The molecule has 0 amide bonds. The molecule has 0 saturated carbocycles. The molecule has 3 heteroatoms. The third kappa shape index (κ3) is 4.99. The second-order valence-electron chi connectivity index (χ2n) is 12.0. The van der Waals surface area contributed by atoms with E-state index in [0.29, 0.717) is 0 Å². The fourth-order valence-electron chi connectivity index (χ4n) is 6.66. The van der Waals surface area contributed by atoms with Crippen molar-refractivity contribution in [3.05, 3.63) is 182 Å². The highest BCUT2D eigenvalue weighted by molar-refractivity contribution is 6.09. The van der Waals surface area contributed by atoms with Gasteiger partial charge >= 0.3 is 0 Å². The van der Waals surface area contributed by atoms with Crippen LogP contribution in [0.2, 0.25) is 0 Å². The van der Waals surface area contributed by atoms with Gasteiger partial charge < -0.3 is 4.42 Å². The first-order valence-corrected chi connectivity index (χ1v) is 16.2. The zero-order valence-electron chi connectivity index (χ0n) is 26.1. The summed E-state index contributed by atoms with van der Waals surface area (Å²) in [5, 5.41) is 3.33. The summed E-state index contributed by atoms with van der Waals surface area (Å²) in [5.74, 6) is 0.821. The molecule has 0 bridgehead atoms. The predicted molar refractivity (Wildman–Crippen MR) is 200 cm³/mol. The van der Waals surface area contributed by atoms with E-state index < -0.39 is 0 Å². The highest BCUT2D eigenvalue weighted by Crippen LogP contribution is 2.42. The number of furan rings is 1. The summed E-state index contributed by atoms with van der Waals surface area (Å²) in [5.41, 5.74) is 11.6. The van der Waals surface area contributed by atoms with Crippen LogP contribution in [0.4, 0.5) is 17.2 Å². The minimum Gasteiger partial charge on any atom is -0.454 e. The largest absolute Gasteiger partial charge is 0.454 e. The zero-order valence-corrected chi connectivity index (χ0v) is 26.1. The minimum absolute atomic E-state index is 0.773. The third-order valence-corrected chi connectivity index (χ3v) is 9.08. The number of anilines is 3. The Morgan fingerprint density at radius 3 is 1.65 bits per heavy atom. The van der Waals surface area contributed by atoms with Gasteiger partial charge in [-0.15, -0.1) is 0 Å². The maximum atomic E-state index is 6.32. The Labute approximate surface area is 279 Å². The maximum absolute atomic E-state index is 6.32. The highest BCUT2D eigenvalue weighted by Gasteiger charge is 2.20. The van der Waals surface area contributed by atoms with Crippen LogP contribution in [0.15, 0.2) is 186 Å². The standard InChI is InChI=1S/C45H30N2O/c1-3-11-31(12-4-1)32-19-21-33(22-20-32)34-23-25-38(26-24-34)47(41-18-10-9-17-39(41)35-13-5-2-6-14-35)44-28-27-42-45(46-44)40-29-36-15-7-8-16-37(36)30-43(40)48-42/h1-30H. The van der Waals surface area contributed by atoms with Crippen molar-refractivity contribution in [2.24, 2.45) is 0 Å². The van der Waals surface area contributed by atoms with Crippen molar-refractivity contribution in [1.82, 2.24) is 4.98 Å². The molecule has 0 aliphatic heterocycles.